The smallest absolute Gasteiger partial charge is 0.0762 e. The van der Waals surface area contributed by atoms with Crippen LogP contribution in [0.5, 0.6) is 0 Å². The molecular formula is C14H26N4. The zero-order valence-corrected chi connectivity index (χ0v) is 11.9. The quantitative estimate of drug-likeness (QED) is 0.837. The molecule has 0 amide bonds. The largest absolute Gasteiger partial charge is 0.311 e. The van der Waals surface area contributed by atoms with Crippen molar-refractivity contribution in [2.45, 2.75) is 39.3 Å². The van der Waals surface area contributed by atoms with Crippen LogP contribution in [0.1, 0.15) is 38.4 Å². The Bertz CT molecular complexity index is 360. The third-order valence-corrected chi connectivity index (χ3v) is 3.93. The summed E-state index contributed by atoms with van der Waals surface area (Å²) in [6, 6.07) is 2.63. The molecular weight excluding hydrogens is 224 g/mol. The Morgan fingerprint density at radius 2 is 2.39 bits per heavy atom. The summed E-state index contributed by atoms with van der Waals surface area (Å²) in [5.41, 5.74) is 1.15. The summed E-state index contributed by atoms with van der Waals surface area (Å²) in [5, 5.41) is 8.14. The normalized spacial score (nSPS) is 22.5. The van der Waals surface area contributed by atoms with Gasteiger partial charge in [0.25, 0.3) is 0 Å². The van der Waals surface area contributed by atoms with Crippen molar-refractivity contribution in [1.29, 1.82) is 0 Å². The number of hydrogen-bond donors (Lipinski definition) is 1. The molecule has 102 valence electrons. The van der Waals surface area contributed by atoms with E-state index in [1.165, 1.54) is 19.5 Å². The van der Waals surface area contributed by atoms with E-state index in [1.54, 1.807) is 0 Å². The van der Waals surface area contributed by atoms with E-state index >= 15 is 0 Å². The van der Waals surface area contributed by atoms with Crippen molar-refractivity contribution in [3.05, 3.63) is 18.0 Å². The number of likely N-dealkylation sites (tertiary alicyclic amines) is 1. The van der Waals surface area contributed by atoms with Crippen molar-refractivity contribution >= 4 is 0 Å². The monoisotopic (exact) mass is 250 g/mol. The van der Waals surface area contributed by atoms with Crippen molar-refractivity contribution in [3.63, 3.8) is 0 Å². The average Bonchev–Trinajstić information content (AvgIpc) is 2.98. The van der Waals surface area contributed by atoms with Crippen molar-refractivity contribution in [1.82, 2.24) is 20.0 Å². The summed E-state index contributed by atoms with van der Waals surface area (Å²) in [6.45, 7) is 8.88. The summed E-state index contributed by atoms with van der Waals surface area (Å²) in [6.07, 6.45) is 4.54. The molecule has 0 radical (unpaired) electrons. The zero-order chi connectivity index (χ0) is 13.0. The Kier molecular flexibility index (Phi) is 4.78. The fourth-order valence-electron chi connectivity index (χ4n) is 2.50. The average molecular weight is 250 g/mol. The number of hydrogen-bond acceptors (Lipinski definition) is 3. The molecule has 1 saturated heterocycles. The molecule has 1 aromatic heterocycles. The fourth-order valence-corrected chi connectivity index (χ4v) is 2.50. The van der Waals surface area contributed by atoms with Gasteiger partial charge in [0.2, 0.25) is 0 Å². The predicted molar refractivity (Wildman–Crippen MR) is 74.5 cm³/mol. The molecule has 4 nitrogen and oxygen atoms in total. The Morgan fingerprint density at radius 1 is 1.56 bits per heavy atom. The summed E-state index contributed by atoms with van der Waals surface area (Å²) >= 11 is 0. The molecule has 1 N–H and O–H groups in total. The number of nitrogens with one attached hydrogen (secondary N) is 1. The van der Waals surface area contributed by atoms with Gasteiger partial charge in [0.15, 0.2) is 0 Å². The van der Waals surface area contributed by atoms with E-state index in [0.29, 0.717) is 6.04 Å². The molecule has 0 saturated carbocycles. The third-order valence-electron chi connectivity index (χ3n) is 3.93. The highest BCUT2D eigenvalue weighted by Gasteiger charge is 2.18. The maximum atomic E-state index is 4.60. The van der Waals surface area contributed by atoms with Gasteiger partial charge >= 0.3 is 0 Å². The first-order valence-electron chi connectivity index (χ1n) is 7.12. The van der Waals surface area contributed by atoms with Crippen molar-refractivity contribution in [2.75, 3.05) is 26.7 Å². The minimum absolute atomic E-state index is 0.502. The van der Waals surface area contributed by atoms with Gasteiger partial charge in [-0.15, -0.1) is 0 Å². The van der Waals surface area contributed by atoms with Crippen molar-refractivity contribution < 1.29 is 0 Å². The van der Waals surface area contributed by atoms with Crippen LogP contribution in [0.4, 0.5) is 0 Å². The Hall–Kier alpha value is -0.870. The molecule has 0 aliphatic carbocycles. The molecule has 1 aliphatic rings. The summed E-state index contributed by atoms with van der Waals surface area (Å²) < 4.78 is 2.07. The van der Waals surface area contributed by atoms with Crippen molar-refractivity contribution in [2.24, 2.45) is 5.92 Å². The first kappa shape index (κ1) is 13.6. The van der Waals surface area contributed by atoms with Gasteiger partial charge in [-0.2, -0.15) is 5.10 Å². The molecule has 2 heterocycles. The van der Waals surface area contributed by atoms with E-state index < -0.39 is 0 Å². The van der Waals surface area contributed by atoms with Crippen LogP contribution in [-0.2, 0) is 6.54 Å². The standard InChI is InChI=1S/C14H26N4/c1-4-12(2)18-8-6-14(16-18)10-15-9-13-5-7-17(3)11-13/h6,8,12-13,15H,4-5,7,9-11H2,1-3H3. The van der Waals surface area contributed by atoms with Gasteiger partial charge in [-0.1, -0.05) is 6.92 Å². The van der Waals surface area contributed by atoms with Gasteiger partial charge in [-0.25, -0.2) is 0 Å². The van der Waals surface area contributed by atoms with Crippen LogP contribution in [0.25, 0.3) is 0 Å². The molecule has 1 aromatic rings. The van der Waals surface area contributed by atoms with E-state index in [0.717, 1.165) is 31.1 Å². The molecule has 2 atom stereocenters. The van der Waals surface area contributed by atoms with Crippen LogP contribution < -0.4 is 5.32 Å². The minimum atomic E-state index is 0.502. The van der Waals surface area contributed by atoms with E-state index in [9.17, 15) is 0 Å². The molecule has 2 rings (SSSR count). The van der Waals surface area contributed by atoms with E-state index in [4.69, 9.17) is 0 Å². The molecule has 4 heteroatoms. The van der Waals surface area contributed by atoms with Crippen LogP contribution >= 0.6 is 0 Å². The Morgan fingerprint density at radius 3 is 3.06 bits per heavy atom. The van der Waals surface area contributed by atoms with Crippen LogP contribution in [0.2, 0.25) is 0 Å². The number of nitrogens with zero attached hydrogens (tertiary/aromatic N) is 3. The van der Waals surface area contributed by atoms with Gasteiger partial charge < -0.3 is 10.2 Å². The molecule has 2 unspecified atom stereocenters. The third kappa shape index (κ3) is 3.56. The van der Waals surface area contributed by atoms with Crippen LogP contribution in [0.15, 0.2) is 12.3 Å². The molecule has 18 heavy (non-hydrogen) atoms. The van der Waals surface area contributed by atoms with Crippen LogP contribution in [-0.4, -0.2) is 41.4 Å². The maximum Gasteiger partial charge on any atom is 0.0762 e. The van der Waals surface area contributed by atoms with E-state index in [2.05, 4.69) is 53.2 Å². The lowest BCUT2D eigenvalue weighted by atomic mass is 10.1. The lowest BCUT2D eigenvalue weighted by molar-refractivity contribution is 0.387. The van der Waals surface area contributed by atoms with Crippen molar-refractivity contribution in [3.8, 4) is 0 Å². The van der Waals surface area contributed by atoms with Gasteiger partial charge in [-0.05, 0) is 51.9 Å². The van der Waals surface area contributed by atoms with Crippen LogP contribution in [0, 0.1) is 5.92 Å². The van der Waals surface area contributed by atoms with Gasteiger partial charge in [0.1, 0.15) is 0 Å². The first-order chi connectivity index (χ1) is 8.69. The SMILES string of the molecule is CCC(C)n1ccc(CNCC2CCN(C)C2)n1. The highest BCUT2D eigenvalue weighted by molar-refractivity contribution is 4.99. The topological polar surface area (TPSA) is 33.1 Å². The molecule has 1 fully saturated rings. The summed E-state index contributed by atoms with van der Waals surface area (Å²) in [5.74, 6) is 0.812. The lowest BCUT2D eigenvalue weighted by Gasteiger charge is -2.11. The first-order valence-corrected chi connectivity index (χ1v) is 7.12. The minimum Gasteiger partial charge on any atom is -0.311 e. The zero-order valence-electron chi connectivity index (χ0n) is 11.9. The molecule has 0 bridgehead atoms. The van der Waals surface area contributed by atoms with E-state index in [-0.39, 0.29) is 0 Å². The summed E-state index contributed by atoms with van der Waals surface area (Å²) in [7, 11) is 2.20. The number of rotatable bonds is 6. The number of aromatic nitrogens is 2. The highest BCUT2D eigenvalue weighted by atomic mass is 15.3. The fraction of sp³-hybridized carbons (Fsp3) is 0.786. The summed E-state index contributed by atoms with van der Waals surface area (Å²) in [4.78, 5) is 2.41. The second-order valence-corrected chi connectivity index (χ2v) is 5.59. The Balaban J connectivity index is 1.71. The Labute approximate surface area is 110 Å². The molecule has 0 spiro atoms. The van der Waals surface area contributed by atoms with Gasteiger partial charge in [-0.3, -0.25) is 4.68 Å². The molecule has 0 aromatic carbocycles. The second-order valence-electron chi connectivity index (χ2n) is 5.59. The predicted octanol–water partition coefficient (Wildman–Crippen LogP) is 1.90. The van der Waals surface area contributed by atoms with Crippen LogP contribution in [0.3, 0.4) is 0 Å². The van der Waals surface area contributed by atoms with Gasteiger partial charge in [0.05, 0.1) is 5.69 Å². The maximum absolute atomic E-state index is 4.60. The van der Waals surface area contributed by atoms with Gasteiger partial charge in [0, 0.05) is 25.3 Å². The highest BCUT2D eigenvalue weighted by Crippen LogP contribution is 2.13. The lowest BCUT2D eigenvalue weighted by Crippen LogP contribution is -2.25. The van der Waals surface area contributed by atoms with E-state index in [1.807, 2.05) is 0 Å². The second kappa shape index (κ2) is 6.34. The molecule has 1 aliphatic heterocycles.